The SMILES string of the molecule is CCCCCC(/C=C/C(C)C=O)OC. The molecule has 2 atom stereocenters. The Morgan fingerprint density at radius 2 is 2.00 bits per heavy atom. The molecule has 0 spiro atoms. The van der Waals surface area contributed by atoms with E-state index in [4.69, 9.17) is 4.74 Å². The molecule has 14 heavy (non-hydrogen) atoms. The average molecular weight is 198 g/mol. The summed E-state index contributed by atoms with van der Waals surface area (Å²) in [7, 11) is 1.71. The van der Waals surface area contributed by atoms with Crippen LogP contribution in [-0.4, -0.2) is 19.5 Å². The van der Waals surface area contributed by atoms with Crippen molar-refractivity contribution in [3.8, 4) is 0 Å². The van der Waals surface area contributed by atoms with Gasteiger partial charge in [-0.3, -0.25) is 0 Å². The smallest absolute Gasteiger partial charge is 0.126 e. The molecule has 0 aliphatic carbocycles. The Kier molecular flexibility index (Phi) is 8.54. The number of allylic oxidation sites excluding steroid dienone is 1. The number of ether oxygens (including phenoxy) is 1. The van der Waals surface area contributed by atoms with Gasteiger partial charge in [-0.15, -0.1) is 0 Å². The van der Waals surface area contributed by atoms with Crippen LogP contribution in [0.5, 0.6) is 0 Å². The Labute approximate surface area is 87.3 Å². The maximum absolute atomic E-state index is 10.4. The molecule has 82 valence electrons. The highest BCUT2D eigenvalue weighted by atomic mass is 16.5. The summed E-state index contributed by atoms with van der Waals surface area (Å²) in [6, 6.07) is 0. The summed E-state index contributed by atoms with van der Waals surface area (Å²) in [5.41, 5.74) is 0. The molecule has 0 aliphatic rings. The molecule has 2 nitrogen and oxygen atoms in total. The van der Waals surface area contributed by atoms with E-state index >= 15 is 0 Å². The molecule has 0 saturated carbocycles. The van der Waals surface area contributed by atoms with Gasteiger partial charge < -0.3 is 9.53 Å². The maximum Gasteiger partial charge on any atom is 0.126 e. The minimum atomic E-state index is -0.00109. The van der Waals surface area contributed by atoms with Crippen molar-refractivity contribution in [2.75, 3.05) is 7.11 Å². The van der Waals surface area contributed by atoms with Crippen molar-refractivity contribution >= 4 is 6.29 Å². The number of hydrogen-bond acceptors (Lipinski definition) is 2. The second kappa shape index (κ2) is 8.95. The second-order valence-corrected chi connectivity index (χ2v) is 3.65. The summed E-state index contributed by atoms with van der Waals surface area (Å²) in [6.07, 6.45) is 9.73. The molecular weight excluding hydrogens is 176 g/mol. The summed E-state index contributed by atoms with van der Waals surface area (Å²) in [6.45, 7) is 4.06. The minimum absolute atomic E-state index is 0.00109. The predicted molar refractivity (Wildman–Crippen MR) is 59.3 cm³/mol. The molecule has 0 aliphatic heterocycles. The van der Waals surface area contributed by atoms with E-state index in [1.807, 2.05) is 19.1 Å². The van der Waals surface area contributed by atoms with Gasteiger partial charge in [0.05, 0.1) is 6.10 Å². The quantitative estimate of drug-likeness (QED) is 0.340. The number of hydrogen-bond donors (Lipinski definition) is 0. The standard InChI is InChI=1S/C12H22O2/c1-4-5-6-7-12(14-3)9-8-11(2)10-13/h8-12H,4-7H2,1-3H3/b9-8+. The van der Waals surface area contributed by atoms with E-state index < -0.39 is 0 Å². The van der Waals surface area contributed by atoms with Gasteiger partial charge in [0, 0.05) is 13.0 Å². The molecule has 2 heteroatoms. The maximum atomic E-state index is 10.4. The van der Waals surface area contributed by atoms with Gasteiger partial charge in [-0.1, -0.05) is 45.3 Å². The number of carbonyl (C=O) groups excluding carboxylic acids is 1. The second-order valence-electron chi connectivity index (χ2n) is 3.65. The van der Waals surface area contributed by atoms with Gasteiger partial charge >= 0.3 is 0 Å². The van der Waals surface area contributed by atoms with Crippen molar-refractivity contribution in [2.45, 2.75) is 45.6 Å². The fourth-order valence-electron chi connectivity index (χ4n) is 1.23. The minimum Gasteiger partial charge on any atom is -0.377 e. The van der Waals surface area contributed by atoms with E-state index in [2.05, 4.69) is 6.92 Å². The number of unbranched alkanes of at least 4 members (excludes halogenated alkanes) is 2. The molecule has 0 rings (SSSR count). The Morgan fingerprint density at radius 3 is 2.50 bits per heavy atom. The normalized spacial score (nSPS) is 15.6. The van der Waals surface area contributed by atoms with Crippen molar-refractivity contribution in [2.24, 2.45) is 5.92 Å². The molecule has 0 aromatic carbocycles. The van der Waals surface area contributed by atoms with Crippen LogP contribution in [0, 0.1) is 5.92 Å². The van der Waals surface area contributed by atoms with E-state index in [1.54, 1.807) is 7.11 Å². The van der Waals surface area contributed by atoms with E-state index in [1.165, 1.54) is 19.3 Å². The Bertz CT molecular complexity index is 164. The number of rotatable bonds is 8. The van der Waals surface area contributed by atoms with Crippen LogP contribution in [0.4, 0.5) is 0 Å². The lowest BCUT2D eigenvalue weighted by Crippen LogP contribution is -2.07. The third kappa shape index (κ3) is 6.84. The molecular formula is C12H22O2. The fourth-order valence-corrected chi connectivity index (χ4v) is 1.23. The first-order chi connectivity index (χ1) is 6.74. The fraction of sp³-hybridized carbons (Fsp3) is 0.750. The highest BCUT2D eigenvalue weighted by molar-refractivity contribution is 5.55. The zero-order chi connectivity index (χ0) is 10.8. The zero-order valence-corrected chi connectivity index (χ0v) is 9.53. The number of aldehydes is 1. The highest BCUT2D eigenvalue weighted by Gasteiger charge is 2.02. The third-order valence-corrected chi connectivity index (χ3v) is 2.24. The summed E-state index contributed by atoms with van der Waals surface area (Å²) in [4.78, 5) is 10.4. The Hall–Kier alpha value is -0.630. The lowest BCUT2D eigenvalue weighted by Gasteiger charge is -2.10. The molecule has 0 saturated heterocycles. The van der Waals surface area contributed by atoms with Crippen molar-refractivity contribution in [1.29, 1.82) is 0 Å². The van der Waals surface area contributed by atoms with Crippen LogP contribution in [0.1, 0.15) is 39.5 Å². The van der Waals surface area contributed by atoms with Gasteiger partial charge in [-0.2, -0.15) is 0 Å². The number of methoxy groups -OCH3 is 1. The van der Waals surface area contributed by atoms with Crippen molar-refractivity contribution < 1.29 is 9.53 Å². The third-order valence-electron chi connectivity index (χ3n) is 2.24. The van der Waals surface area contributed by atoms with Gasteiger partial charge in [0.1, 0.15) is 6.29 Å². The Balaban J connectivity index is 3.77. The first kappa shape index (κ1) is 13.4. The van der Waals surface area contributed by atoms with Gasteiger partial charge in [0.2, 0.25) is 0 Å². The van der Waals surface area contributed by atoms with Crippen LogP contribution in [0.25, 0.3) is 0 Å². The molecule has 0 fully saturated rings. The van der Waals surface area contributed by atoms with Gasteiger partial charge in [0.15, 0.2) is 0 Å². The first-order valence-corrected chi connectivity index (χ1v) is 5.41. The van der Waals surface area contributed by atoms with Crippen LogP contribution in [0.2, 0.25) is 0 Å². The summed E-state index contributed by atoms with van der Waals surface area (Å²) < 4.78 is 5.29. The molecule has 2 unspecified atom stereocenters. The lowest BCUT2D eigenvalue weighted by molar-refractivity contribution is -0.109. The van der Waals surface area contributed by atoms with Gasteiger partial charge in [0.25, 0.3) is 0 Å². The van der Waals surface area contributed by atoms with Crippen molar-refractivity contribution in [3.63, 3.8) is 0 Å². The van der Waals surface area contributed by atoms with E-state index in [0.717, 1.165) is 12.7 Å². The summed E-state index contributed by atoms with van der Waals surface area (Å²) >= 11 is 0. The molecule has 0 radical (unpaired) electrons. The van der Waals surface area contributed by atoms with Crippen LogP contribution < -0.4 is 0 Å². The highest BCUT2D eigenvalue weighted by Crippen LogP contribution is 2.08. The molecule has 0 aromatic heterocycles. The van der Waals surface area contributed by atoms with E-state index in [-0.39, 0.29) is 12.0 Å². The van der Waals surface area contributed by atoms with Crippen LogP contribution >= 0.6 is 0 Å². The molecule has 0 bridgehead atoms. The van der Waals surface area contributed by atoms with Crippen LogP contribution in [0.15, 0.2) is 12.2 Å². The largest absolute Gasteiger partial charge is 0.377 e. The van der Waals surface area contributed by atoms with Crippen LogP contribution in [-0.2, 0) is 9.53 Å². The molecule has 0 aromatic rings. The summed E-state index contributed by atoms with van der Waals surface area (Å²) in [5.74, 6) is -0.00109. The van der Waals surface area contributed by atoms with Gasteiger partial charge in [-0.05, 0) is 6.42 Å². The first-order valence-electron chi connectivity index (χ1n) is 5.41. The summed E-state index contributed by atoms with van der Waals surface area (Å²) in [5, 5.41) is 0. The molecule has 0 amide bonds. The van der Waals surface area contributed by atoms with E-state index in [0.29, 0.717) is 0 Å². The molecule has 0 heterocycles. The monoisotopic (exact) mass is 198 g/mol. The van der Waals surface area contributed by atoms with Crippen molar-refractivity contribution in [1.82, 2.24) is 0 Å². The molecule has 0 N–H and O–H groups in total. The number of carbonyl (C=O) groups is 1. The van der Waals surface area contributed by atoms with Crippen LogP contribution in [0.3, 0.4) is 0 Å². The Morgan fingerprint density at radius 1 is 1.29 bits per heavy atom. The zero-order valence-electron chi connectivity index (χ0n) is 9.53. The predicted octanol–water partition coefficient (Wildman–Crippen LogP) is 2.97. The van der Waals surface area contributed by atoms with E-state index in [9.17, 15) is 4.79 Å². The van der Waals surface area contributed by atoms with Crippen molar-refractivity contribution in [3.05, 3.63) is 12.2 Å². The topological polar surface area (TPSA) is 26.3 Å². The lowest BCUT2D eigenvalue weighted by atomic mass is 10.1. The average Bonchev–Trinajstić information content (AvgIpc) is 2.22. The van der Waals surface area contributed by atoms with Gasteiger partial charge in [-0.25, -0.2) is 0 Å².